The van der Waals surface area contributed by atoms with E-state index in [1.165, 1.54) is 45.5 Å². The van der Waals surface area contributed by atoms with Gasteiger partial charge in [-0.3, -0.25) is 4.79 Å². The molecule has 2 aromatic rings. The standard InChI is InChI=1S/C17H19ClN2O5S/c1-20(26(22,23)16-6-4-12(18)5-7-16)11-17(21)19-13-8-14(24-2)10-15(9-13)25-3/h4-10H,11H2,1-3H3,(H,19,21). The highest BCUT2D eigenvalue weighted by Gasteiger charge is 2.23. The zero-order chi connectivity index (χ0) is 19.3. The molecule has 7 nitrogen and oxygen atoms in total. The molecule has 0 aliphatic rings. The lowest BCUT2D eigenvalue weighted by atomic mass is 10.2. The van der Waals surface area contributed by atoms with Crippen LogP contribution in [-0.4, -0.2) is 46.4 Å². The van der Waals surface area contributed by atoms with E-state index in [0.717, 1.165) is 4.31 Å². The number of anilines is 1. The van der Waals surface area contributed by atoms with Crippen molar-refractivity contribution in [3.05, 3.63) is 47.5 Å². The van der Waals surface area contributed by atoms with Gasteiger partial charge in [-0.2, -0.15) is 4.31 Å². The van der Waals surface area contributed by atoms with E-state index in [2.05, 4.69) is 5.32 Å². The molecular formula is C17H19ClN2O5S. The number of hydrogen-bond donors (Lipinski definition) is 1. The van der Waals surface area contributed by atoms with Crippen LogP contribution in [0.25, 0.3) is 0 Å². The van der Waals surface area contributed by atoms with Crippen LogP contribution in [0.4, 0.5) is 5.69 Å². The number of ether oxygens (including phenoxy) is 2. The Morgan fingerprint density at radius 2 is 1.62 bits per heavy atom. The van der Waals surface area contributed by atoms with E-state index < -0.39 is 15.9 Å². The molecule has 0 atom stereocenters. The molecule has 0 fully saturated rings. The van der Waals surface area contributed by atoms with Crippen LogP contribution in [0.3, 0.4) is 0 Å². The number of likely N-dealkylation sites (N-methyl/N-ethyl adjacent to an activating group) is 1. The zero-order valence-electron chi connectivity index (χ0n) is 14.5. The first-order chi connectivity index (χ1) is 12.3. The molecule has 1 amide bonds. The Morgan fingerprint density at radius 1 is 1.08 bits per heavy atom. The van der Waals surface area contributed by atoms with Crippen LogP contribution >= 0.6 is 11.6 Å². The fraction of sp³-hybridized carbons (Fsp3) is 0.235. The monoisotopic (exact) mass is 398 g/mol. The van der Waals surface area contributed by atoms with Crippen LogP contribution in [0.5, 0.6) is 11.5 Å². The lowest BCUT2D eigenvalue weighted by molar-refractivity contribution is -0.116. The van der Waals surface area contributed by atoms with Crippen molar-refractivity contribution in [3.8, 4) is 11.5 Å². The van der Waals surface area contributed by atoms with Gasteiger partial charge in [0, 0.05) is 36.0 Å². The van der Waals surface area contributed by atoms with Gasteiger partial charge < -0.3 is 14.8 Å². The average molecular weight is 399 g/mol. The van der Waals surface area contributed by atoms with E-state index in [9.17, 15) is 13.2 Å². The molecule has 0 aliphatic carbocycles. The quantitative estimate of drug-likeness (QED) is 0.774. The molecule has 9 heteroatoms. The summed E-state index contributed by atoms with van der Waals surface area (Å²) in [5.74, 6) is 0.504. The maximum Gasteiger partial charge on any atom is 0.243 e. The molecule has 140 valence electrons. The highest BCUT2D eigenvalue weighted by Crippen LogP contribution is 2.26. The van der Waals surface area contributed by atoms with Crippen molar-refractivity contribution in [3.63, 3.8) is 0 Å². The summed E-state index contributed by atoms with van der Waals surface area (Å²) in [5, 5.41) is 3.06. The third kappa shape index (κ3) is 4.87. The summed E-state index contributed by atoms with van der Waals surface area (Å²) in [7, 11) is 0.511. The van der Waals surface area contributed by atoms with Crippen molar-refractivity contribution in [2.24, 2.45) is 0 Å². The second-order valence-corrected chi connectivity index (χ2v) is 7.85. The molecule has 1 N–H and O–H groups in total. The van der Waals surface area contributed by atoms with Crippen LogP contribution in [0.15, 0.2) is 47.4 Å². The molecule has 0 aromatic heterocycles. The van der Waals surface area contributed by atoms with Crippen LogP contribution in [0.1, 0.15) is 0 Å². The summed E-state index contributed by atoms with van der Waals surface area (Å²) in [6, 6.07) is 10.6. The van der Waals surface area contributed by atoms with Gasteiger partial charge in [0.05, 0.1) is 25.7 Å². The Morgan fingerprint density at radius 3 is 2.12 bits per heavy atom. The van der Waals surface area contributed by atoms with E-state index in [1.807, 2.05) is 0 Å². The van der Waals surface area contributed by atoms with E-state index in [4.69, 9.17) is 21.1 Å². The number of methoxy groups -OCH3 is 2. The van der Waals surface area contributed by atoms with Gasteiger partial charge in [-0.05, 0) is 24.3 Å². The minimum absolute atomic E-state index is 0.0558. The molecule has 0 unspecified atom stereocenters. The first kappa shape index (κ1) is 20.0. The molecule has 0 saturated heterocycles. The second-order valence-electron chi connectivity index (χ2n) is 5.36. The molecule has 0 heterocycles. The van der Waals surface area contributed by atoms with Crippen LogP contribution < -0.4 is 14.8 Å². The van der Waals surface area contributed by atoms with Crippen molar-refractivity contribution < 1.29 is 22.7 Å². The van der Waals surface area contributed by atoms with Crippen LogP contribution in [-0.2, 0) is 14.8 Å². The van der Waals surface area contributed by atoms with Gasteiger partial charge in [0.2, 0.25) is 15.9 Å². The third-order valence-electron chi connectivity index (χ3n) is 3.52. The summed E-state index contributed by atoms with van der Waals surface area (Å²) in [5.41, 5.74) is 0.434. The number of carbonyl (C=O) groups is 1. The van der Waals surface area contributed by atoms with E-state index in [0.29, 0.717) is 22.2 Å². The lowest BCUT2D eigenvalue weighted by Gasteiger charge is -2.17. The molecule has 26 heavy (non-hydrogen) atoms. The Kier molecular flexibility index (Phi) is 6.47. The molecule has 0 saturated carbocycles. The second kappa shape index (κ2) is 8.39. The van der Waals surface area contributed by atoms with Gasteiger partial charge in [0.25, 0.3) is 0 Å². The lowest BCUT2D eigenvalue weighted by Crippen LogP contribution is -2.34. The Labute approximate surface area is 157 Å². The van der Waals surface area contributed by atoms with Crippen LogP contribution in [0.2, 0.25) is 5.02 Å². The van der Waals surface area contributed by atoms with E-state index in [-0.39, 0.29) is 11.4 Å². The first-order valence-corrected chi connectivity index (χ1v) is 9.33. The number of hydrogen-bond acceptors (Lipinski definition) is 5. The third-order valence-corrected chi connectivity index (χ3v) is 5.59. The predicted molar refractivity (Wildman–Crippen MR) is 99.4 cm³/mol. The molecule has 0 spiro atoms. The topological polar surface area (TPSA) is 84.9 Å². The smallest absolute Gasteiger partial charge is 0.243 e. The maximum atomic E-state index is 12.5. The van der Waals surface area contributed by atoms with Crippen molar-refractivity contribution >= 4 is 33.2 Å². The highest BCUT2D eigenvalue weighted by molar-refractivity contribution is 7.89. The number of carbonyl (C=O) groups excluding carboxylic acids is 1. The first-order valence-electron chi connectivity index (χ1n) is 7.51. The molecule has 2 aromatic carbocycles. The number of benzene rings is 2. The van der Waals surface area contributed by atoms with Crippen LogP contribution in [0, 0.1) is 0 Å². The minimum atomic E-state index is -3.80. The summed E-state index contributed by atoms with van der Waals surface area (Å²) in [4.78, 5) is 12.3. The number of halogens is 1. The van der Waals surface area contributed by atoms with E-state index >= 15 is 0 Å². The maximum absolute atomic E-state index is 12.5. The summed E-state index contributed by atoms with van der Waals surface area (Å²) in [6.07, 6.45) is 0. The summed E-state index contributed by atoms with van der Waals surface area (Å²) in [6.45, 7) is -0.357. The minimum Gasteiger partial charge on any atom is -0.497 e. The van der Waals surface area contributed by atoms with Crippen molar-refractivity contribution in [2.45, 2.75) is 4.90 Å². The van der Waals surface area contributed by atoms with Gasteiger partial charge in [-0.1, -0.05) is 11.6 Å². The van der Waals surface area contributed by atoms with Gasteiger partial charge in [-0.25, -0.2) is 8.42 Å². The number of amides is 1. The normalized spacial score (nSPS) is 11.3. The number of nitrogens with zero attached hydrogens (tertiary/aromatic N) is 1. The summed E-state index contributed by atoms with van der Waals surface area (Å²) < 4.78 is 36.2. The van der Waals surface area contributed by atoms with Gasteiger partial charge in [0.1, 0.15) is 11.5 Å². The Bertz CT molecular complexity index is 862. The predicted octanol–water partition coefficient (Wildman–Crippen LogP) is 2.62. The fourth-order valence-corrected chi connectivity index (χ4v) is 3.41. The molecule has 0 aliphatic heterocycles. The zero-order valence-corrected chi connectivity index (χ0v) is 16.1. The number of nitrogens with one attached hydrogen (secondary N) is 1. The molecular weight excluding hydrogens is 380 g/mol. The van der Waals surface area contributed by atoms with Gasteiger partial charge in [-0.15, -0.1) is 0 Å². The number of rotatable bonds is 7. The van der Waals surface area contributed by atoms with Crippen molar-refractivity contribution in [1.29, 1.82) is 0 Å². The Hall–Kier alpha value is -2.29. The van der Waals surface area contributed by atoms with E-state index in [1.54, 1.807) is 18.2 Å². The average Bonchev–Trinajstić information content (AvgIpc) is 2.61. The highest BCUT2D eigenvalue weighted by atomic mass is 35.5. The van der Waals surface area contributed by atoms with Crippen molar-refractivity contribution in [2.75, 3.05) is 33.1 Å². The Balaban J connectivity index is 2.10. The molecule has 2 rings (SSSR count). The fourth-order valence-electron chi connectivity index (χ4n) is 2.15. The number of sulfonamides is 1. The molecule has 0 bridgehead atoms. The van der Waals surface area contributed by atoms with Gasteiger partial charge >= 0.3 is 0 Å². The SMILES string of the molecule is COc1cc(NC(=O)CN(C)S(=O)(=O)c2ccc(Cl)cc2)cc(OC)c1. The summed E-state index contributed by atoms with van der Waals surface area (Å²) >= 11 is 5.77. The van der Waals surface area contributed by atoms with Gasteiger partial charge in [0.15, 0.2) is 0 Å². The van der Waals surface area contributed by atoms with Crippen molar-refractivity contribution in [1.82, 2.24) is 4.31 Å². The molecule has 0 radical (unpaired) electrons. The largest absolute Gasteiger partial charge is 0.497 e.